The summed E-state index contributed by atoms with van der Waals surface area (Å²) < 4.78 is 11.9. The molecule has 5 rings (SSSR count). The minimum atomic E-state index is -0.964. The van der Waals surface area contributed by atoms with Crippen molar-refractivity contribution in [2.24, 2.45) is 5.92 Å². The van der Waals surface area contributed by atoms with Crippen LogP contribution in [0.5, 0.6) is 11.5 Å². The lowest BCUT2D eigenvalue weighted by molar-refractivity contribution is 0.0505. The first-order valence-electron chi connectivity index (χ1n) is 10.8. The van der Waals surface area contributed by atoms with Gasteiger partial charge in [-0.25, -0.2) is 9.78 Å². The first-order chi connectivity index (χ1) is 16.1. The van der Waals surface area contributed by atoms with Gasteiger partial charge in [0.2, 0.25) is 0 Å². The highest BCUT2D eigenvalue weighted by Gasteiger charge is 2.30. The maximum atomic E-state index is 11.2. The number of aromatic carboxylic acids is 1. The number of pyridine rings is 1. The van der Waals surface area contributed by atoms with Crippen LogP contribution in [0.2, 0.25) is 0 Å². The van der Waals surface area contributed by atoms with E-state index in [0.29, 0.717) is 36.7 Å². The van der Waals surface area contributed by atoms with Crippen LogP contribution in [0.1, 0.15) is 33.3 Å². The van der Waals surface area contributed by atoms with Crippen LogP contribution in [0.25, 0.3) is 10.9 Å². The van der Waals surface area contributed by atoms with Crippen molar-refractivity contribution >= 4 is 16.9 Å². The fourth-order valence-electron chi connectivity index (χ4n) is 4.17. The summed E-state index contributed by atoms with van der Waals surface area (Å²) >= 11 is 0. The number of aliphatic hydroxyl groups is 1. The van der Waals surface area contributed by atoms with Gasteiger partial charge >= 0.3 is 5.97 Å². The number of carboxylic acid groups (broad SMARTS) is 1. The number of fused-ring (bicyclic) bond motifs is 2. The van der Waals surface area contributed by atoms with Gasteiger partial charge in [-0.05, 0) is 48.4 Å². The largest absolute Gasteiger partial charge is 0.493 e. The quantitative estimate of drug-likeness (QED) is 0.447. The summed E-state index contributed by atoms with van der Waals surface area (Å²) in [6.45, 7) is 0.663. The van der Waals surface area contributed by atoms with E-state index in [-0.39, 0.29) is 11.5 Å². The van der Waals surface area contributed by atoms with E-state index >= 15 is 0 Å². The molecule has 2 heterocycles. The number of hydrogen-bond donors (Lipinski definition) is 2. The number of aromatic nitrogens is 1. The first kappa shape index (κ1) is 21.0. The van der Waals surface area contributed by atoms with Crippen molar-refractivity contribution in [1.82, 2.24) is 4.98 Å². The van der Waals surface area contributed by atoms with Gasteiger partial charge in [0.25, 0.3) is 0 Å². The van der Waals surface area contributed by atoms with Crippen LogP contribution in [0.4, 0.5) is 0 Å². The summed E-state index contributed by atoms with van der Waals surface area (Å²) in [7, 11) is 0. The summed E-state index contributed by atoms with van der Waals surface area (Å²) in [5.41, 5.74) is 3.55. The lowest BCUT2D eigenvalue weighted by Gasteiger charge is -2.30. The van der Waals surface area contributed by atoms with E-state index in [1.807, 2.05) is 54.6 Å². The van der Waals surface area contributed by atoms with E-state index in [9.17, 15) is 15.0 Å². The van der Waals surface area contributed by atoms with Gasteiger partial charge in [-0.15, -0.1) is 0 Å². The van der Waals surface area contributed by atoms with Crippen molar-refractivity contribution in [2.45, 2.75) is 19.1 Å². The molecule has 2 atom stereocenters. The molecule has 1 aliphatic rings. The van der Waals surface area contributed by atoms with Gasteiger partial charge < -0.3 is 19.7 Å². The van der Waals surface area contributed by atoms with Crippen LogP contribution < -0.4 is 9.47 Å². The Bertz CT molecular complexity index is 1320. The van der Waals surface area contributed by atoms with E-state index in [2.05, 4.69) is 4.98 Å². The van der Waals surface area contributed by atoms with Gasteiger partial charge in [-0.3, -0.25) is 0 Å². The SMILES string of the molecule is O=C(O)c1cccc(C[C@@H]2COc3cc(OCc4ccc5ccccc5n4)ccc3[C@H]2O)c1. The molecule has 1 aliphatic heterocycles. The standard InChI is InChI=1S/C27H23NO5/c29-26-20(13-17-4-3-6-19(12-17)27(30)31)15-33-25-14-22(10-11-23(25)26)32-16-21-9-8-18-5-1-2-7-24(18)28-21/h1-12,14,20,26,29H,13,15-16H2,(H,30,31)/t20-,26+/m1/s1. The second kappa shape index (κ2) is 8.92. The molecule has 0 bridgehead atoms. The van der Waals surface area contributed by atoms with E-state index in [1.54, 1.807) is 24.3 Å². The fraction of sp³-hybridized carbons (Fsp3) is 0.185. The molecule has 6 heteroatoms. The molecule has 0 radical (unpaired) electrons. The predicted molar refractivity (Wildman–Crippen MR) is 124 cm³/mol. The molecule has 1 aromatic heterocycles. The van der Waals surface area contributed by atoms with Gasteiger partial charge in [0, 0.05) is 22.9 Å². The molecule has 166 valence electrons. The zero-order chi connectivity index (χ0) is 22.8. The number of benzene rings is 3. The topological polar surface area (TPSA) is 88.9 Å². The number of nitrogens with zero attached hydrogens (tertiary/aromatic N) is 1. The number of hydrogen-bond acceptors (Lipinski definition) is 5. The summed E-state index contributed by atoms with van der Waals surface area (Å²) in [4.78, 5) is 15.8. The zero-order valence-corrected chi connectivity index (χ0v) is 17.8. The fourth-order valence-corrected chi connectivity index (χ4v) is 4.17. The lowest BCUT2D eigenvalue weighted by atomic mass is 9.88. The Balaban J connectivity index is 1.26. The molecule has 6 nitrogen and oxygen atoms in total. The number of carboxylic acids is 1. The van der Waals surface area contributed by atoms with Gasteiger partial charge in [-0.2, -0.15) is 0 Å². The Morgan fingerprint density at radius 3 is 2.79 bits per heavy atom. The molecule has 3 aromatic carbocycles. The molecule has 0 spiro atoms. The van der Waals surface area contributed by atoms with Gasteiger partial charge in [0.05, 0.1) is 29.5 Å². The van der Waals surface area contributed by atoms with Crippen LogP contribution in [0.3, 0.4) is 0 Å². The number of aliphatic hydroxyl groups excluding tert-OH is 1. The predicted octanol–water partition coefficient (Wildman–Crippen LogP) is 4.80. The second-order valence-corrected chi connectivity index (χ2v) is 8.21. The van der Waals surface area contributed by atoms with Crippen LogP contribution in [0, 0.1) is 5.92 Å². The van der Waals surface area contributed by atoms with Crippen molar-refractivity contribution in [1.29, 1.82) is 0 Å². The molecule has 0 saturated heterocycles. The first-order valence-corrected chi connectivity index (χ1v) is 10.8. The van der Waals surface area contributed by atoms with Crippen molar-refractivity contribution in [3.05, 3.63) is 101 Å². The van der Waals surface area contributed by atoms with Crippen molar-refractivity contribution in [2.75, 3.05) is 6.61 Å². The monoisotopic (exact) mass is 441 g/mol. The molecule has 0 aliphatic carbocycles. The Morgan fingerprint density at radius 1 is 1.03 bits per heavy atom. The molecule has 33 heavy (non-hydrogen) atoms. The molecule has 2 N–H and O–H groups in total. The highest BCUT2D eigenvalue weighted by atomic mass is 16.5. The molecular formula is C27H23NO5. The highest BCUT2D eigenvalue weighted by molar-refractivity contribution is 5.87. The third kappa shape index (κ3) is 4.52. The molecular weight excluding hydrogens is 418 g/mol. The minimum Gasteiger partial charge on any atom is -0.493 e. The Kier molecular flexibility index (Phi) is 5.67. The molecule has 0 saturated carbocycles. The summed E-state index contributed by atoms with van der Waals surface area (Å²) in [5, 5.41) is 21.2. The Morgan fingerprint density at radius 2 is 1.91 bits per heavy atom. The van der Waals surface area contributed by atoms with Gasteiger partial charge in [-0.1, -0.05) is 36.4 Å². The molecule has 0 fully saturated rings. The number of ether oxygens (including phenoxy) is 2. The number of rotatable bonds is 6. The van der Waals surface area contributed by atoms with E-state index in [4.69, 9.17) is 9.47 Å². The van der Waals surface area contributed by atoms with Crippen molar-refractivity contribution in [3.8, 4) is 11.5 Å². The van der Waals surface area contributed by atoms with E-state index in [1.165, 1.54) is 0 Å². The average molecular weight is 441 g/mol. The maximum Gasteiger partial charge on any atom is 0.335 e. The summed E-state index contributed by atoms with van der Waals surface area (Å²) in [5.74, 6) is 0.106. The smallest absolute Gasteiger partial charge is 0.335 e. The van der Waals surface area contributed by atoms with Crippen LogP contribution >= 0.6 is 0 Å². The number of para-hydroxylation sites is 1. The van der Waals surface area contributed by atoms with E-state index in [0.717, 1.165) is 22.2 Å². The minimum absolute atomic E-state index is 0.171. The highest BCUT2D eigenvalue weighted by Crippen LogP contribution is 2.39. The summed E-state index contributed by atoms with van der Waals surface area (Å²) in [6.07, 6.45) is -0.188. The Hall–Kier alpha value is -3.90. The third-order valence-corrected chi connectivity index (χ3v) is 5.92. The number of carbonyl (C=O) groups is 1. The van der Waals surface area contributed by atoms with Crippen molar-refractivity contribution < 1.29 is 24.5 Å². The maximum absolute atomic E-state index is 11.2. The third-order valence-electron chi connectivity index (χ3n) is 5.92. The zero-order valence-electron chi connectivity index (χ0n) is 17.8. The average Bonchev–Trinajstić information content (AvgIpc) is 2.84. The molecule has 0 unspecified atom stereocenters. The van der Waals surface area contributed by atoms with E-state index < -0.39 is 12.1 Å². The normalized spacial score (nSPS) is 17.2. The van der Waals surface area contributed by atoms with Crippen molar-refractivity contribution in [3.63, 3.8) is 0 Å². The van der Waals surface area contributed by atoms with Crippen LogP contribution in [-0.2, 0) is 13.0 Å². The van der Waals surface area contributed by atoms with Crippen LogP contribution in [-0.4, -0.2) is 27.8 Å². The van der Waals surface area contributed by atoms with Gasteiger partial charge in [0.1, 0.15) is 18.1 Å². The van der Waals surface area contributed by atoms with Gasteiger partial charge in [0.15, 0.2) is 0 Å². The Labute approximate surface area is 191 Å². The lowest BCUT2D eigenvalue weighted by Crippen LogP contribution is -2.27. The van der Waals surface area contributed by atoms with Crippen LogP contribution in [0.15, 0.2) is 78.9 Å². The second-order valence-electron chi connectivity index (χ2n) is 8.21. The summed E-state index contributed by atoms with van der Waals surface area (Å²) in [6, 6.07) is 24.1. The molecule has 0 amide bonds. The molecule has 4 aromatic rings.